The Morgan fingerprint density at radius 1 is 0.895 bits per heavy atom. The molecule has 2 radical (unpaired) electrons. The van der Waals surface area contributed by atoms with E-state index in [1.807, 2.05) is 17.0 Å². The first-order chi connectivity index (χ1) is 18.4. The number of anilines is 1. The van der Waals surface area contributed by atoms with E-state index in [4.69, 9.17) is 11.7 Å². The average molecular weight is 526 g/mol. The summed E-state index contributed by atoms with van der Waals surface area (Å²) in [6.45, 7) is 7.56. The van der Waals surface area contributed by atoms with Crippen LogP contribution in [0.4, 0.5) is 5.82 Å². The molecule has 1 aliphatic heterocycles. The van der Waals surface area contributed by atoms with Crippen LogP contribution in [0.15, 0.2) is 94.7 Å². The van der Waals surface area contributed by atoms with Crippen molar-refractivity contribution in [1.82, 2.24) is 19.0 Å². The summed E-state index contributed by atoms with van der Waals surface area (Å²) in [6, 6.07) is 21.8. The second-order valence-electron chi connectivity index (χ2n) is 8.89. The highest BCUT2D eigenvalue weighted by atomic mass is 32.2. The van der Waals surface area contributed by atoms with Crippen molar-refractivity contribution in [3.63, 3.8) is 0 Å². The summed E-state index contributed by atoms with van der Waals surface area (Å²) in [4.78, 5) is 15.4. The number of para-hydroxylation sites is 1. The molecule has 0 N–H and O–H groups in total. The van der Waals surface area contributed by atoms with Crippen LogP contribution in [0.2, 0.25) is 0 Å². The molecule has 1 aliphatic rings. The van der Waals surface area contributed by atoms with Crippen LogP contribution in [0.25, 0.3) is 27.8 Å². The number of pyridine rings is 1. The lowest BCUT2D eigenvalue weighted by Crippen LogP contribution is -2.39. The zero-order valence-corrected chi connectivity index (χ0v) is 21.1. The van der Waals surface area contributed by atoms with E-state index in [9.17, 15) is 13.2 Å². The van der Waals surface area contributed by atoms with Crippen LogP contribution in [0, 0.1) is 6.92 Å². The summed E-state index contributed by atoms with van der Waals surface area (Å²) in [5, 5.41) is 8.85. The van der Waals surface area contributed by atoms with Gasteiger partial charge in [0.25, 0.3) is 10.0 Å². The molecule has 2 aromatic heterocycles. The van der Waals surface area contributed by atoms with Gasteiger partial charge in [0.2, 0.25) is 0 Å². The molecule has 3 heterocycles. The number of morpholine rings is 1. The van der Waals surface area contributed by atoms with Crippen LogP contribution in [-0.4, -0.2) is 53.7 Å². The van der Waals surface area contributed by atoms with Gasteiger partial charge < -0.3 is 9.64 Å². The maximum Gasteiger partial charge on any atom is 0.269 e. The van der Waals surface area contributed by atoms with Gasteiger partial charge in [-0.25, -0.2) is 17.1 Å². The topological polar surface area (TPSA) is 99.3 Å². The van der Waals surface area contributed by atoms with Crippen LogP contribution in [0.3, 0.4) is 0 Å². The zero-order valence-electron chi connectivity index (χ0n) is 20.3. The summed E-state index contributed by atoms with van der Waals surface area (Å²) in [5.74, 6) is 0.285. The SMILES string of the molecule is [CH]c1ccc(-n2cc(-c3cccc4c(=O)cc(N5CCOCC5)n(S(=O)(=O)c5ccccc5)c34)nn2)cc1. The molecule has 0 aliphatic carbocycles. The summed E-state index contributed by atoms with van der Waals surface area (Å²) in [5.41, 5.74) is 2.21. The van der Waals surface area contributed by atoms with Crippen LogP contribution in [0.5, 0.6) is 0 Å². The Morgan fingerprint density at radius 2 is 1.63 bits per heavy atom. The molecule has 0 spiro atoms. The maximum atomic E-state index is 14.2. The predicted molar refractivity (Wildman–Crippen MR) is 144 cm³/mol. The van der Waals surface area contributed by atoms with Crippen LogP contribution in [-0.2, 0) is 14.8 Å². The van der Waals surface area contributed by atoms with E-state index >= 15 is 0 Å². The van der Waals surface area contributed by atoms with E-state index in [0.29, 0.717) is 43.1 Å². The summed E-state index contributed by atoms with van der Waals surface area (Å²) < 4.78 is 36.8. The van der Waals surface area contributed by atoms with E-state index in [1.54, 1.807) is 71.5 Å². The molecule has 0 unspecified atom stereocenters. The minimum Gasteiger partial charge on any atom is -0.378 e. The highest BCUT2D eigenvalue weighted by Crippen LogP contribution is 2.33. The number of rotatable bonds is 5. The fraction of sp³-hybridized carbons (Fsp3) is 0.143. The van der Waals surface area contributed by atoms with Gasteiger partial charge in [-0.05, 0) is 42.8 Å². The van der Waals surface area contributed by atoms with Gasteiger partial charge in [-0.3, -0.25) is 4.79 Å². The number of benzene rings is 3. The van der Waals surface area contributed by atoms with Crippen molar-refractivity contribution < 1.29 is 13.2 Å². The first-order valence-electron chi connectivity index (χ1n) is 12.0. The Kier molecular flexibility index (Phi) is 6.05. The van der Waals surface area contributed by atoms with E-state index in [2.05, 4.69) is 10.3 Å². The lowest BCUT2D eigenvalue weighted by Gasteiger charge is -2.31. The lowest BCUT2D eigenvalue weighted by molar-refractivity contribution is 0.122. The van der Waals surface area contributed by atoms with E-state index in [1.165, 1.54) is 10.0 Å². The molecule has 3 aromatic carbocycles. The standard InChI is InChI=1S/C28H23N5O4S/c1-20-10-12-21(13-11-20)32-19-25(29-30-32)23-8-5-9-24-26(34)18-27(31-14-16-37-17-15-31)33(28(23)24)38(35,36)22-6-3-2-4-7-22/h1-13,18-19H,14-17H2. The highest BCUT2D eigenvalue weighted by Gasteiger charge is 2.28. The number of ether oxygens (including phenoxy) is 1. The molecule has 0 bridgehead atoms. The molecule has 9 nitrogen and oxygen atoms in total. The number of nitrogens with zero attached hydrogens (tertiary/aromatic N) is 5. The van der Waals surface area contributed by atoms with Gasteiger partial charge >= 0.3 is 0 Å². The molecule has 38 heavy (non-hydrogen) atoms. The second-order valence-corrected chi connectivity index (χ2v) is 10.7. The largest absolute Gasteiger partial charge is 0.378 e. The fourth-order valence-electron chi connectivity index (χ4n) is 4.63. The van der Waals surface area contributed by atoms with Gasteiger partial charge in [-0.2, -0.15) is 0 Å². The quantitative estimate of drug-likeness (QED) is 0.347. The van der Waals surface area contributed by atoms with Gasteiger partial charge in [0.05, 0.1) is 35.5 Å². The molecule has 5 aromatic rings. The van der Waals surface area contributed by atoms with Crippen LogP contribution >= 0.6 is 0 Å². The van der Waals surface area contributed by atoms with Crippen molar-refractivity contribution in [2.75, 3.05) is 31.2 Å². The average Bonchev–Trinajstić information content (AvgIpc) is 3.44. The zero-order chi connectivity index (χ0) is 26.3. The Morgan fingerprint density at radius 3 is 2.37 bits per heavy atom. The van der Waals surface area contributed by atoms with Gasteiger partial charge in [-0.1, -0.05) is 47.7 Å². The number of hydrogen-bond acceptors (Lipinski definition) is 7. The number of hydrogen-bond donors (Lipinski definition) is 0. The van der Waals surface area contributed by atoms with Gasteiger partial charge in [-0.15, -0.1) is 5.10 Å². The first kappa shape index (κ1) is 24.1. The second kappa shape index (κ2) is 9.55. The van der Waals surface area contributed by atoms with E-state index in [-0.39, 0.29) is 27.0 Å². The number of aromatic nitrogens is 4. The summed E-state index contributed by atoms with van der Waals surface area (Å²) >= 11 is 0. The van der Waals surface area contributed by atoms with Crippen molar-refractivity contribution >= 4 is 26.7 Å². The van der Waals surface area contributed by atoms with Gasteiger partial charge in [0.15, 0.2) is 5.43 Å². The Hall–Kier alpha value is -4.28. The summed E-state index contributed by atoms with van der Waals surface area (Å²) in [6.07, 6.45) is 1.70. The predicted octanol–water partition coefficient (Wildman–Crippen LogP) is 3.38. The third-order valence-corrected chi connectivity index (χ3v) is 8.23. The van der Waals surface area contributed by atoms with Crippen molar-refractivity contribution in [1.29, 1.82) is 0 Å². The third kappa shape index (κ3) is 4.17. The van der Waals surface area contributed by atoms with Crippen LogP contribution < -0.4 is 10.3 Å². The Bertz CT molecular complexity index is 1790. The summed E-state index contributed by atoms with van der Waals surface area (Å²) in [7, 11) is -4.12. The van der Waals surface area contributed by atoms with Crippen molar-refractivity contribution in [2.24, 2.45) is 0 Å². The molecule has 0 amide bonds. The molecule has 1 fully saturated rings. The van der Waals surface area contributed by atoms with Gasteiger partial charge in [0.1, 0.15) is 11.5 Å². The fourth-order valence-corrected chi connectivity index (χ4v) is 6.19. The smallest absolute Gasteiger partial charge is 0.269 e. The third-order valence-electron chi connectivity index (χ3n) is 6.52. The molecule has 1 saturated heterocycles. The van der Waals surface area contributed by atoms with E-state index in [0.717, 1.165) is 5.69 Å². The molecular weight excluding hydrogens is 502 g/mol. The lowest BCUT2D eigenvalue weighted by atomic mass is 10.1. The maximum absolute atomic E-state index is 14.2. The minimum atomic E-state index is -4.12. The number of fused-ring (bicyclic) bond motifs is 1. The van der Waals surface area contributed by atoms with Crippen molar-refractivity contribution in [3.05, 3.63) is 108 Å². The van der Waals surface area contributed by atoms with Gasteiger partial charge in [0, 0.05) is 30.1 Å². The monoisotopic (exact) mass is 525 g/mol. The molecule has 190 valence electrons. The molecule has 6 rings (SSSR count). The Labute approximate surface area is 219 Å². The van der Waals surface area contributed by atoms with Crippen molar-refractivity contribution in [3.8, 4) is 16.9 Å². The molecular formula is C28H23N5O4S. The van der Waals surface area contributed by atoms with Crippen molar-refractivity contribution in [2.45, 2.75) is 4.90 Å². The molecule has 10 heteroatoms. The first-order valence-corrected chi connectivity index (χ1v) is 13.5. The van der Waals surface area contributed by atoms with E-state index < -0.39 is 10.0 Å². The minimum absolute atomic E-state index is 0.111. The molecule has 0 atom stereocenters. The highest BCUT2D eigenvalue weighted by molar-refractivity contribution is 7.90. The normalized spacial score (nSPS) is 14.2. The molecule has 0 saturated carbocycles. The Balaban J connectivity index is 1.64. The van der Waals surface area contributed by atoms with Crippen LogP contribution in [0.1, 0.15) is 5.56 Å².